The lowest BCUT2D eigenvalue weighted by Gasteiger charge is -2.43. The molecule has 1 saturated heterocycles. The molecule has 1 N–H and O–H groups in total. The maximum atomic E-state index is 12.3. The van der Waals surface area contributed by atoms with Gasteiger partial charge in [-0.15, -0.1) is 0 Å². The SMILES string of the molecule is CC1C=C2C=C[C@H](C)[C@H](CC[C@@H]3C[C@@H](O[Si](C)(C)C(C)(C)C)CC(=O)O3)[C@H]2[C@@H](O)C1. The molecule has 3 aliphatic rings. The number of allylic oxidation sites excluding steroid dienone is 3. The molecular formula is C25H42O4Si. The van der Waals surface area contributed by atoms with Crippen LogP contribution in [0.15, 0.2) is 23.8 Å². The molecule has 170 valence electrons. The van der Waals surface area contributed by atoms with Gasteiger partial charge < -0.3 is 14.3 Å². The van der Waals surface area contributed by atoms with Gasteiger partial charge in [0, 0.05) is 12.3 Å². The molecule has 7 atom stereocenters. The van der Waals surface area contributed by atoms with Gasteiger partial charge in [-0.3, -0.25) is 4.79 Å². The van der Waals surface area contributed by atoms with E-state index < -0.39 is 8.32 Å². The predicted molar refractivity (Wildman–Crippen MR) is 124 cm³/mol. The minimum absolute atomic E-state index is 0.0302. The first kappa shape index (κ1) is 23.7. The van der Waals surface area contributed by atoms with Crippen LogP contribution in [0, 0.1) is 23.7 Å². The third-order valence-electron chi connectivity index (χ3n) is 7.93. The van der Waals surface area contributed by atoms with Crippen LogP contribution in [0.3, 0.4) is 0 Å². The Morgan fingerprint density at radius 3 is 2.57 bits per heavy atom. The first-order valence-electron chi connectivity index (χ1n) is 11.8. The molecule has 0 aromatic rings. The third-order valence-corrected chi connectivity index (χ3v) is 12.5. The van der Waals surface area contributed by atoms with Crippen LogP contribution in [0.25, 0.3) is 0 Å². The number of ether oxygens (including phenoxy) is 1. The lowest BCUT2D eigenvalue weighted by molar-refractivity contribution is -0.160. The van der Waals surface area contributed by atoms with Gasteiger partial charge in [-0.05, 0) is 60.7 Å². The number of esters is 1. The zero-order chi connectivity index (χ0) is 22.3. The van der Waals surface area contributed by atoms with Crippen LogP contribution in [-0.2, 0) is 14.0 Å². The van der Waals surface area contributed by atoms with Gasteiger partial charge in [0.15, 0.2) is 8.32 Å². The fraction of sp³-hybridized carbons (Fsp3) is 0.800. The summed E-state index contributed by atoms with van der Waals surface area (Å²) in [6.45, 7) is 15.6. The van der Waals surface area contributed by atoms with E-state index in [0.29, 0.717) is 24.2 Å². The average Bonchev–Trinajstić information content (AvgIpc) is 2.59. The van der Waals surface area contributed by atoms with Gasteiger partial charge in [0.1, 0.15) is 6.10 Å². The fourth-order valence-corrected chi connectivity index (χ4v) is 6.58. The number of fused-ring (bicyclic) bond motifs is 1. The molecule has 0 amide bonds. The van der Waals surface area contributed by atoms with Crippen molar-refractivity contribution in [1.29, 1.82) is 0 Å². The number of carbonyl (C=O) groups is 1. The van der Waals surface area contributed by atoms with Gasteiger partial charge >= 0.3 is 5.97 Å². The lowest BCUT2D eigenvalue weighted by Crippen LogP contribution is -2.47. The number of aliphatic hydroxyl groups excluding tert-OH is 1. The molecule has 5 heteroatoms. The normalized spacial score (nSPS) is 37.4. The molecule has 1 aliphatic heterocycles. The van der Waals surface area contributed by atoms with Gasteiger partial charge in [0.05, 0.1) is 18.6 Å². The highest BCUT2D eigenvalue weighted by Crippen LogP contribution is 2.44. The maximum absolute atomic E-state index is 12.3. The summed E-state index contributed by atoms with van der Waals surface area (Å²) >= 11 is 0. The van der Waals surface area contributed by atoms with E-state index in [1.54, 1.807) is 0 Å². The second-order valence-corrected chi connectivity index (χ2v) is 16.2. The van der Waals surface area contributed by atoms with Crippen molar-refractivity contribution in [2.75, 3.05) is 0 Å². The van der Waals surface area contributed by atoms with Gasteiger partial charge in [-0.2, -0.15) is 0 Å². The Balaban J connectivity index is 1.64. The maximum Gasteiger partial charge on any atom is 0.308 e. The Hall–Kier alpha value is -0.913. The summed E-state index contributed by atoms with van der Waals surface area (Å²) < 4.78 is 12.3. The lowest BCUT2D eigenvalue weighted by atomic mass is 9.65. The monoisotopic (exact) mass is 434 g/mol. The van der Waals surface area contributed by atoms with Crippen LogP contribution in [0.2, 0.25) is 18.1 Å². The molecular weight excluding hydrogens is 392 g/mol. The molecule has 1 heterocycles. The van der Waals surface area contributed by atoms with Crippen LogP contribution >= 0.6 is 0 Å². The molecule has 3 rings (SSSR count). The second kappa shape index (κ2) is 8.91. The van der Waals surface area contributed by atoms with Crippen LogP contribution in [-0.4, -0.2) is 37.7 Å². The summed E-state index contributed by atoms with van der Waals surface area (Å²) in [7, 11) is -1.91. The Labute approximate surface area is 184 Å². The second-order valence-electron chi connectivity index (χ2n) is 11.5. The molecule has 0 bridgehead atoms. The summed E-state index contributed by atoms with van der Waals surface area (Å²) in [5, 5.41) is 10.9. The quantitative estimate of drug-likeness (QED) is 0.450. The first-order chi connectivity index (χ1) is 13.9. The summed E-state index contributed by atoms with van der Waals surface area (Å²) in [6.07, 6.45) is 10.3. The number of aliphatic hydroxyl groups is 1. The molecule has 4 nitrogen and oxygen atoms in total. The van der Waals surface area contributed by atoms with Crippen LogP contribution in [0.4, 0.5) is 0 Å². The van der Waals surface area contributed by atoms with Crippen molar-refractivity contribution in [2.24, 2.45) is 23.7 Å². The van der Waals surface area contributed by atoms with Crippen molar-refractivity contribution < 1.29 is 19.1 Å². The van der Waals surface area contributed by atoms with Crippen molar-refractivity contribution in [2.45, 2.75) is 103 Å². The standard InChI is InChI=1S/C25H42O4Si/c1-16-12-18-9-8-17(2)21(24(18)22(26)13-16)11-10-19-14-20(15-23(27)28-19)29-30(6,7)25(3,4)5/h8-9,12,16-17,19-22,24,26H,10-11,13-15H2,1-7H3/t16?,17-,19+,20+,21-,22-,24-/m0/s1. The highest BCUT2D eigenvalue weighted by Gasteiger charge is 2.42. The molecule has 30 heavy (non-hydrogen) atoms. The van der Waals surface area contributed by atoms with Crippen molar-refractivity contribution in [3.63, 3.8) is 0 Å². The summed E-state index contributed by atoms with van der Waals surface area (Å²) in [4.78, 5) is 12.3. The first-order valence-corrected chi connectivity index (χ1v) is 14.7. The van der Waals surface area contributed by atoms with Gasteiger partial charge in [0.2, 0.25) is 0 Å². The van der Waals surface area contributed by atoms with Crippen LogP contribution < -0.4 is 0 Å². The molecule has 0 saturated carbocycles. The van der Waals surface area contributed by atoms with Crippen molar-refractivity contribution in [1.82, 2.24) is 0 Å². The van der Waals surface area contributed by atoms with E-state index in [4.69, 9.17) is 9.16 Å². The number of carbonyl (C=O) groups excluding carboxylic acids is 1. The fourth-order valence-electron chi connectivity index (χ4n) is 5.21. The van der Waals surface area contributed by atoms with E-state index in [0.717, 1.165) is 25.7 Å². The van der Waals surface area contributed by atoms with E-state index in [2.05, 4.69) is 65.9 Å². The average molecular weight is 435 g/mol. The Bertz CT molecular complexity index is 690. The number of hydrogen-bond donors (Lipinski definition) is 1. The third kappa shape index (κ3) is 5.28. The van der Waals surface area contributed by atoms with Crippen molar-refractivity contribution in [3.05, 3.63) is 23.8 Å². The van der Waals surface area contributed by atoms with E-state index in [-0.39, 0.29) is 35.2 Å². The highest BCUT2D eigenvalue weighted by molar-refractivity contribution is 6.74. The minimum Gasteiger partial charge on any atom is -0.462 e. The van der Waals surface area contributed by atoms with E-state index in [9.17, 15) is 9.90 Å². The smallest absolute Gasteiger partial charge is 0.308 e. The summed E-state index contributed by atoms with van der Waals surface area (Å²) in [6, 6.07) is 0. The van der Waals surface area contributed by atoms with Gasteiger partial charge in [0.25, 0.3) is 0 Å². The molecule has 2 aliphatic carbocycles. The number of rotatable bonds is 5. The highest BCUT2D eigenvalue weighted by atomic mass is 28.4. The topological polar surface area (TPSA) is 55.8 Å². The largest absolute Gasteiger partial charge is 0.462 e. The zero-order valence-corrected chi connectivity index (χ0v) is 21.0. The predicted octanol–water partition coefficient (Wildman–Crippen LogP) is 5.63. The van der Waals surface area contributed by atoms with Crippen LogP contribution in [0.5, 0.6) is 0 Å². The molecule has 0 aromatic carbocycles. The molecule has 1 unspecified atom stereocenters. The number of cyclic esters (lactones) is 1. The molecule has 0 spiro atoms. The Morgan fingerprint density at radius 2 is 1.90 bits per heavy atom. The zero-order valence-electron chi connectivity index (χ0n) is 20.0. The van der Waals surface area contributed by atoms with E-state index in [1.807, 2.05) is 0 Å². The summed E-state index contributed by atoms with van der Waals surface area (Å²) in [5.41, 5.74) is 1.30. The van der Waals surface area contributed by atoms with Crippen molar-refractivity contribution in [3.8, 4) is 0 Å². The Kier molecular flexibility index (Phi) is 7.05. The van der Waals surface area contributed by atoms with Crippen LogP contribution in [0.1, 0.15) is 66.7 Å². The molecule has 1 fully saturated rings. The van der Waals surface area contributed by atoms with E-state index in [1.165, 1.54) is 5.57 Å². The van der Waals surface area contributed by atoms with Gasteiger partial charge in [-0.25, -0.2) is 0 Å². The minimum atomic E-state index is -1.91. The van der Waals surface area contributed by atoms with Gasteiger partial charge in [-0.1, -0.05) is 52.8 Å². The molecule has 0 aromatic heterocycles. The molecule has 0 radical (unpaired) electrons. The number of hydrogen-bond acceptors (Lipinski definition) is 4. The summed E-state index contributed by atoms with van der Waals surface area (Å²) in [5.74, 6) is 1.33. The van der Waals surface area contributed by atoms with Crippen molar-refractivity contribution >= 4 is 14.3 Å². The Morgan fingerprint density at radius 1 is 1.20 bits per heavy atom. The van der Waals surface area contributed by atoms with E-state index >= 15 is 0 Å².